The fraction of sp³-hybridized carbons (Fsp3) is 0.333. The van der Waals surface area contributed by atoms with Gasteiger partial charge in [-0.1, -0.05) is 26.0 Å². The molecule has 122 valence electrons. The van der Waals surface area contributed by atoms with Gasteiger partial charge >= 0.3 is 0 Å². The molecule has 0 saturated heterocycles. The number of nitrogens with one attached hydrogen (secondary N) is 1. The van der Waals surface area contributed by atoms with E-state index < -0.39 is 0 Å². The molecule has 0 spiro atoms. The van der Waals surface area contributed by atoms with Gasteiger partial charge in [-0.05, 0) is 36.6 Å². The second-order valence-corrected chi connectivity index (χ2v) is 6.75. The molecule has 0 atom stereocenters. The lowest BCUT2D eigenvalue weighted by Crippen LogP contribution is -2.25. The molecule has 1 amide bonds. The third kappa shape index (κ3) is 6.24. The number of amides is 1. The van der Waals surface area contributed by atoms with Gasteiger partial charge in [0, 0.05) is 18.0 Å². The molecule has 0 saturated carbocycles. The van der Waals surface area contributed by atoms with Gasteiger partial charge in [-0.3, -0.25) is 4.79 Å². The fourth-order valence-electron chi connectivity index (χ4n) is 1.88. The highest BCUT2D eigenvalue weighted by Gasteiger charge is 2.01. The summed E-state index contributed by atoms with van der Waals surface area (Å²) in [6.07, 6.45) is 3.33. The molecule has 4 nitrogen and oxygen atoms in total. The van der Waals surface area contributed by atoms with E-state index in [-0.39, 0.29) is 5.91 Å². The molecule has 1 aromatic heterocycles. The zero-order valence-electron chi connectivity index (χ0n) is 13.7. The van der Waals surface area contributed by atoms with E-state index in [9.17, 15) is 4.79 Å². The second-order valence-electron chi connectivity index (χ2n) is 5.69. The van der Waals surface area contributed by atoms with Crippen molar-refractivity contribution in [2.75, 3.05) is 6.54 Å². The van der Waals surface area contributed by atoms with Gasteiger partial charge in [0.15, 0.2) is 0 Å². The molecule has 1 heterocycles. The smallest absolute Gasteiger partial charge is 0.244 e. The lowest BCUT2D eigenvalue weighted by Gasteiger charge is -2.06. The zero-order chi connectivity index (χ0) is 16.7. The maximum atomic E-state index is 11.7. The molecule has 23 heavy (non-hydrogen) atoms. The van der Waals surface area contributed by atoms with Crippen LogP contribution in [0.3, 0.4) is 0 Å². The van der Waals surface area contributed by atoms with Crippen LogP contribution in [0.2, 0.25) is 0 Å². The van der Waals surface area contributed by atoms with E-state index >= 15 is 0 Å². The van der Waals surface area contributed by atoms with E-state index in [0.29, 0.717) is 19.1 Å². The number of aromatic nitrogens is 1. The van der Waals surface area contributed by atoms with Crippen molar-refractivity contribution in [2.45, 2.75) is 27.4 Å². The summed E-state index contributed by atoms with van der Waals surface area (Å²) >= 11 is 1.61. The highest BCUT2D eigenvalue weighted by atomic mass is 32.1. The Hall–Kier alpha value is -2.14. The number of rotatable bonds is 7. The van der Waals surface area contributed by atoms with Crippen molar-refractivity contribution in [1.29, 1.82) is 0 Å². The first kappa shape index (κ1) is 17.2. The first-order valence-electron chi connectivity index (χ1n) is 7.62. The molecule has 2 aromatic rings. The number of benzene rings is 1. The van der Waals surface area contributed by atoms with E-state index in [0.717, 1.165) is 22.0 Å². The summed E-state index contributed by atoms with van der Waals surface area (Å²) in [7, 11) is 0. The Balaban J connectivity index is 1.90. The minimum Gasteiger partial charge on any atom is -0.487 e. The Bertz CT molecular complexity index is 677. The highest BCUT2D eigenvalue weighted by Crippen LogP contribution is 2.17. The van der Waals surface area contributed by atoms with Gasteiger partial charge in [0.05, 0.1) is 10.7 Å². The van der Waals surface area contributed by atoms with Crippen LogP contribution in [0.15, 0.2) is 35.7 Å². The predicted molar refractivity (Wildman–Crippen MR) is 94.5 cm³/mol. The van der Waals surface area contributed by atoms with E-state index in [1.807, 2.05) is 36.6 Å². The van der Waals surface area contributed by atoms with Crippen molar-refractivity contribution < 1.29 is 9.53 Å². The Morgan fingerprint density at radius 2 is 2.26 bits per heavy atom. The van der Waals surface area contributed by atoms with Gasteiger partial charge in [0.1, 0.15) is 12.4 Å². The zero-order valence-corrected chi connectivity index (χ0v) is 14.5. The topological polar surface area (TPSA) is 51.2 Å². The Morgan fingerprint density at radius 1 is 1.43 bits per heavy atom. The van der Waals surface area contributed by atoms with Gasteiger partial charge in [-0.25, -0.2) is 4.98 Å². The standard InChI is InChI=1S/C18H22N2O2S/c1-13(2)10-19-18(21)8-7-15-5-4-6-17(9-15)22-11-16-12-23-14(3)20-16/h4-9,12-13H,10-11H2,1-3H3,(H,19,21)/b8-7+. The first-order valence-corrected chi connectivity index (χ1v) is 8.50. The summed E-state index contributed by atoms with van der Waals surface area (Å²) in [5, 5.41) is 5.88. The van der Waals surface area contributed by atoms with Gasteiger partial charge in [0.25, 0.3) is 0 Å². The molecule has 0 fully saturated rings. The average Bonchev–Trinajstić information content (AvgIpc) is 2.95. The lowest BCUT2D eigenvalue weighted by atomic mass is 10.2. The maximum absolute atomic E-state index is 11.7. The van der Waals surface area contributed by atoms with Crippen LogP contribution in [0.5, 0.6) is 5.75 Å². The van der Waals surface area contributed by atoms with Crippen LogP contribution < -0.4 is 10.1 Å². The van der Waals surface area contributed by atoms with Crippen LogP contribution in [-0.2, 0) is 11.4 Å². The number of carbonyl (C=O) groups is 1. The van der Waals surface area contributed by atoms with E-state index in [1.165, 1.54) is 0 Å². The molecule has 2 rings (SSSR count). The van der Waals surface area contributed by atoms with Crippen LogP contribution in [-0.4, -0.2) is 17.4 Å². The molecule has 0 aliphatic heterocycles. The quantitative estimate of drug-likeness (QED) is 0.785. The summed E-state index contributed by atoms with van der Waals surface area (Å²) < 4.78 is 5.74. The van der Waals surface area contributed by atoms with Crippen LogP contribution in [0.1, 0.15) is 30.1 Å². The highest BCUT2D eigenvalue weighted by molar-refractivity contribution is 7.09. The monoisotopic (exact) mass is 330 g/mol. The van der Waals surface area contributed by atoms with Crippen LogP contribution >= 0.6 is 11.3 Å². The number of hydrogen-bond donors (Lipinski definition) is 1. The van der Waals surface area contributed by atoms with Gasteiger partial charge < -0.3 is 10.1 Å². The predicted octanol–water partition coefficient (Wildman–Crippen LogP) is 3.82. The van der Waals surface area contributed by atoms with Crippen molar-refractivity contribution in [2.24, 2.45) is 5.92 Å². The molecule has 0 bridgehead atoms. The molecule has 0 aliphatic carbocycles. The Morgan fingerprint density at radius 3 is 2.96 bits per heavy atom. The SMILES string of the molecule is Cc1nc(COc2cccc(/C=C/C(=O)NCC(C)C)c2)cs1. The summed E-state index contributed by atoms with van der Waals surface area (Å²) in [5.41, 5.74) is 1.86. The van der Waals surface area contributed by atoms with E-state index in [2.05, 4.69) is 24.1 Å². The van der Waals surface area contributed by atoms with Crippen molar-refractivity contribution >= 4 is 23.3 Å². The Kier molecular flexibility index (Phi) is 6.35. The van der Waals surface area contributed by atoms with Crippen LogP contribution in [0, 0.1) is 12.8 Å². The minimum atomic E-state index is -0.0806. The number of aryl methyl sites for hydroxylation is 1. The van der Waals surface area contributed by atoms with Gasteiger partial charge in [-0.15, -0.1) is 11.3 Å². The third-order valence-corrected chi connectivity index (χ3v) is 3.85. The van der Waals surface area contributed by atoms with Gasteiger partial charge in [-0.2, -0.15) is 0 Å². The summed E-state index contributed by atoms with van der Waals surface area (Å²) in [6, 6.07) is 7.65. The second kappa shape index (κ2) is 8.48. The summed E-state index contributed by atoms with van der Waals surface area (Å²) in [5.74, 6) is 1.13. The third-order valence-electron chi connectivity index (χ3n) is 3.02. The largest absolute Gasteiger partial charge is 0.487 e. The molecule has 1 aromatic carbocycles. The number of ether oxygens (including phenoxy) is 1. The first-order chi connectivity index (χ1) is 11.0. The van der Waals surface area contributed by atoms with Crippen LogP contribution in [0.4, 0.5) is 0 Å². The Labute approximate surface area is 141 Å². The average molecular weight is 330 g/mol. The molecular formula is C18H22N2O2S. The van der Waals surface area contributed by atoms with Crippen molar-refractivity contribution in [1.82, 2.24) is 10.3 Å². The van der Waals surface area contributed by atoms with Crippen molar-refractivity contribution in [3.63, 3.8) is 0 Å². The fourth-order valence-corrected chi connectivity index (χ4v) is 2.47. The minimum absolute atomic E-state index is 0.0806. The molecular weight excluding hydrogens is 308 g/mol. The van der Waals surface area contributed by atoms with Crippen molar-refractivity contribution in [3.05, 3.63) is 52.0 Å². The van der Waals surface area contributed by atoms with E-state index in [1.54, 1.807) is 23.5 Å². The number of thiazole rings is 1. The number of nitrogens with zero attached hydrogens (tertiary/aromatic N) is 1. The lowest BCUT2D eigenvalue weighted by molar-refractivity contribution is -0.116. The molecule has 0 aliphatic rings. The maximum Gasteiger partial charge on any atom is 0.244 e. The van der Waals surface area contributed by atoms with Crippen LogP contribution in [0.25, 0.3) is 6.08 Å². The van der Waals surface area contributed by atoms with E-state index in [4.69, 9.17) is 4.74 Å². The number of hydrogen-bond acceptors (Lipinski definition) is 4. The normalized spacial score (nSPS) is 11.1. The molecule has 0 unspecified atom stereocenters. The molecule has 0 radical (unpaired) electrons. The molecule has 5 heteroatoms. The molecule has 1 N–H and O–H groups in total. The van der Waals surface area contributed by atoms with Gasteiger partial charge in [0.2, 0.25) is 5.91 Å². The van der Waals surface area contributed by atoms with Crippen molar-refractivity contribution in [3.8, 4) is 5.75 Å². The summed E-state index contributed by atoms with van der Waals surface area (Å²) in [4.78, 5) is 16.1. The summed E-state index contributed by atoms with van der Waals surface area (Å²) in [6.45, 7) is 7.24. The number of carbonyl (C=O) groups excluding carboxylic acids is 1.